The maximum absolute atomic E-state index is 12.3. The van der Waals surface area contributed by atoms with Crippen molar-refractivity contribution in [3.63, 3.8) is 0 Å². The van der Waals surface area contributed by atoms with Crippen LogP contribution in [0.5, 0.6) is 0 Å². The van der Waals surface area contributed by atoms with Crippen molar-refractivity contribution in [2.45, 2.75) is 6.42 Å². The molecule has 28 heavy (non-hydrogen) atoms. The molecule has 1 heterocycles. The molecule has 0 unspecified atom stereocenters. The molecule has 0 bridgehead atoms. The van der Waals surface area contributed by atoms with E-state index >= 15 is 0 Å². The van der Waals surface area contributed by atoms with Gasteiger partial charge in [-0.3, -0.25) is 0 Å². The van der Waals surface area contributed by atoms with E-state index in [2.05, 4.69) is 32.9 Å². The summed E-state index contributed by atoms with van der Waals surface area (Å²) >= 11 is 14.7. The predicted molar refractivity (Wildman–Crippen MR) is 122 cm³/mol. The van der Waals surface area contributed by atoms with Gasteiger partial charge in [0, 0.05) is 9.26 Å². The van der Waals surface area contributed by atoms with E-state index in [0.717, 1.165) is 14.8 Å². The molecule has 1 N–H and O–H groups in total. The Labute approximate surface area is 184 Å². The van der Waals surface area contributed by atoms with Gasteiger partial charge in [0.2, 0.25) is 5.89 Å². The summed E-state index contributed by atoms with van der Waals surface area (Å²) in [5.74, 6) is 0.346. The first-order valence-corrected chi connectivity index (χ1v) is 10.2. The summed E-state index contributed by atoms with van der Waals surface area (Å²) in [6, 6.07) is 18.5. The minimum absolute atomic E-state index is 0.346. The lowest BCUT2D eigenvalue weighted by atomic mass is 10.1. The van der Waals surface area contributed by atoms with Gasteiger partial charge in [0.1, 0.15) is 0 Å². The Morgan fingerprint density at radius 1 is 1.00 bits per heavy atom. The summed E-state index contributed by atoms with van der Waals surface area (Å²) in [5, 5.41) is 4.79. The van der Waals surface area contributed by atoms with Crippen LogP contribution in [0.2, 0.25) is 10.0 Å². The topological polar surface area (TPSA) is 55.1 Å². The highest BCUT2D eigenvalue weighted by atomic mass is 127. The van der Waals surface area contributed by atoms with Gasteiger partial charge >= 0.3 is 5.63 Å². The van der Waals surface area contributed by atoms with Crippen molar-refractivity contribution in [3.8, 4) is 0 Å². The van der Waals surface area contributed by atoms with E-state index < -0.39 is 5.63 Å². The molecule has 0 spiro atoms. The van der Waals surface area contributed by atoms with Crippen LogP contribution in [0, 0.1) is 3.57 Å². The number of aromatic nitrogens is 1. The Bertz CT molecular complexity index is 1220. The second-order valence-electron chi connectivity index (χ2n) is 6.11. The van der Waals surface area contributed by atoms with Crippen LogP contribution >= 0.6 is 45.8 Å². The molecule has 0 saturated carbocycles. The van der Waals surface area contributed by atoms with Crippen LogP contribution in [-0.2, 0) is 6.42 Å². The molecule has 3 aromatic carbocycles. The third-order valence-corrected chi connectivity index (χ3v) is 5.52. The van der Waals surface area contributed by atoms with Crippen molar-refractivity contribution in [1.29, 1.82) is 0 Å². The van der Waals surface area contributed by atoms with Crippen molar-refractivity contribution in [3.05, 3.63) is 96.2 Å². The first kappa shape index (κ1) is 19.2. The maximum atomic E-state index is 12.3. The van der Waals surface area contributed by atoms with Crippen molar-refractivity contribution in [1.82, 2.24) is 4.98 Å². The zero-order chi connectivity index (χ0) is 19.7. The predicted octanol–water partition coefficient (Wildman–Crippen LogP) is 6.43. The molecule has 4 rings (SSSR count). The van der Waals surface area contributed by atoms with Crippen LogP contribution in [-0.4, -0.2) is 4.98 Å². The molecule has 0 fully saturated rings. The molecule has 0 radical (unpaired) electrons. The molecule has 0 aliphatic heterocycles. The van der Waals surface area contributed by atoms with Gasteiger partial charge in [0.25, 0.3) is 0 Å². The molecule has 0 aliphatic carbocycles. The van der Waals surface area contributed by atoms with Gasteiger partial charge in [-0.15, -0.1) is 0 Å². The Morgan fingerprint density at radius 3 is 2.54 bits per heavy atom. The number of benzene rings is 3. The lowest BCUT2D eigenvalue weighted by molar-refractivity contribution is 0.454. The van der Waals surface area contributed by atoms with Crippen LogP contribution in [0.3, 0.4) is 0 Å². The fourth-order valence-electron chi connectivity index (χ4n) is 2.88. The lowest BCUT2D eigenvalue weighted by Gasteiger charge is -2.14. The molecular formula is C21H13Cl2IN2O2. The Kier molecular flexibility index (Phi) is 5.57. The van der Waals surface area contributed by atoms with E-state index in [1.807, 2.05) is 36.4 Å². The summed E-state index contributed by atoms with van der Waals surface area (Å²) in [5.41, 5.74) is 2.56. The molecule has 0 atom stereocenters. The van der Waals surface area contributed by atoms with Gasteiger partial charge in [0.05, 0.1) is 33.1 Å². The second kappa shape index (κ2) is 8.11. The van der Waals surface area contributed by atoms with Gasteiger partial charge < -0.3 is 9.73 Å². The fourth-order valence-corrected chi connectivity index (χ4v) is 3.86. The highest BCUT2D eigenvalue weighted by Crippen LogP contribution is 2.34. The number of anilines is 2. The van der Waals surface area contributed by atoms with Crippen LogP contribution in [0.25, 0.3) is 10.9 Å². The average Bonchev–Trinajstić information content (AvgIpc) is 2.67. The van der Waals surface area contributed by atoms with Crippen molar-refractivity contribution < 1.29 is 4.42 Å². The standard InChI is InChI=1S/C21H13Cl2IN2O2/c22-15-5-3-6-16(23)20(15)26-17-7-2-1-4-12(17)10-19-25-18-9-8-13(24)11-14(18)21(27)28-19/h1-9,11,26H,10H2. The highest BCUT2D eigenvalue weighted by Gasteiger charge is 2.12. The third kappa shape index (κ3) is 4.01. The molecule has 7 heteroatoms. The first-order chi connectivity index (χ1) is 13.5. The smallest absolute Gasteiger partial charge is 0.346 e. The first-order valence-electron chi connectivity index (χ1n) is 8.39. The minimum atomic E-state index is -0.391. The summed E-state index contributed by atoms with van der Waals surface area (Å²) in [4.78, 5) is 16.9. The van der Waals surface area contributed by atoms with Gasteiger partial charge in [0.15, 0.2) is 0 Å². The summed E-state index contributed by atoms with van der Waals surface area (Å²) < 4.78 is 6.41. The van der Waals surface area contributed by atoms with Crippen LogP contribution < -0.4 is 10.9 Å². The Morgan fingerprint density at radius 2 is 1.75 bits per heavy atom. The molecular weight excluding hydrogens is 510 g/mol. The zero-order valence-corrected chi connectivity index (χ0v) is 18.0. The van der Waals surface area contributed by atoms with E-state index in [-0.39, 0.29) is 0 Å². The summed E-state index contributed by atoms with van der Waals surface area (Å²) in [6.07, 6.45) is 0.350. The zero-order valence-electron chi connectivity index (χ0n) is 14.4. The number of rotatable bonds is 4. The minimum Gasteiger partial charge on any atom is -0.408 e. The molecule has 1 aromatic heterocycles. The number of hydrogen-bond acceptors (Lipinski definition) is 4. The molecule has 4 nitrogen and oxygen atoms in total. The molecule has 0 aliphatic rings. The lowest BCUT2D eigenvalue weighted by Crippen LogP contribution is -2.07. The largest absolute Gasteiger partial charge is 0.408 e. The number of nitrogens with one attached hydrogen (secondary N) is 1. The van der Waals surface area contributed by atoms with E-state index in [4.69, 9.17) is 27.6 Å². The van der Waals surface area contributed by atoms with Crippen LogP contribution in [0.1, 0.15) is 11.5 Å². The van der Waals surface area contributed by atoms with E-state index in [0.29, 0.717) is 38.9 Å². The third-order valence-electron chi connectivity index (χ3n) is 4.22. The molecule has 0 saturated heterocycles. The highest BCUT2D eigenvalue weighted by molar-refractivity contribution is 14.1. The van der Waals surface area contributed by atoms with Gasteiger partial charge in [-0.25, -0.2) is 9.78 Å². The summed E-state index contributed by atoms with van der Waals surface area (Å²) in [7, 11) is 0. The number of para-hydroxylation sites is 2. The monoisotopic (exact) mass is 522 g/mol. The Balaban J connectivity index is 1.71. The number of nitrogens with zero attached hydrogens (tertiary/aromatic N) is 1. The van der Waals surface area contributed by atoms with Gasteiger partial charge in [-0.1, -0.05) is 47.5 Å². The van der Waals surface area contributed by atoms with E-state index in [1.165, 1.54) is 0 Å². The van der Waals surface area contributed by atoms with Gasteiger partial charge in [-0.2, -0.15) is 0 Å². The number of fused-ring (bicyclic) bond motifs is 1. The maximum Gasteiger partial charge on any atom is 0.346 e. The van der Waals surface area contributed by atoms with Crippen molar-refractivity contribution in [2.24, 2.45) is 0 Å². The fraction of sp³-hybridized carbons (Fsp3) is 0.0476. The second-order valence-corrected chi connectivity index (χ2v) is 8.17. The number of halogens is 3. The van der Waals surface area contributed by atoms with E-state index in [1.54, 1.807) is 24.3 Å². The average molecular weight is 523 g/mol. The van der Waals surface area contributed by atoms with Crippen LogP contribution in [0.15, 0.2) is 69.9 Å². The molecule has 0 amide bonds. The van der Waals surface area contributed by atoms with Crippen molar-refractivity contribution in [2.75, 3.05) is 5.32 Å². The van der Waals surface area contributed by atoms with Crippen LogP contribution in [0.4, 0.5) is 11.4 Å². The van der Waals surface area contributed by atoms with E-state index in [9.17, 15) is 4.79 Å². The quantitative estimate of drug-likeness (QED) is 0.313. The SMILES string of the molecule is O=c1oc(Cc2ccccc2Nc2c(Cl)cccc2Cl)nc2ccc(I)cc12. The molecule has 140 valence electrons. The van der Waals surface area contributed by atoms with Crippen molar-refractivity contribution >= 4 is 68.1 Å². The normalized spacial score (nSPS) is 11.0. The summed E-state index contributed by atoms with van der Waals surface area (Å²) in [6.45, 7) is 0. The van der Waals surface area contributed by atoms with Gasteiger partial charge in [-0.05, 0) is 64.6 Å². The Hall–Kier alpha value is -2.09. The number of hydrogen-bond donors (Lipinski definition) is 1. The molecule has 4 aromatic rings.